The van der Waals surface area contributed by atoms with Gasteiger partial charge in [0.2, 0.25) is 5.91 Å². The number of non-ortho nitro benzene ring substituents is 1. The highest BCUT2D eigenvalue weighted by molar-refractivity contribution is 5.84. The first-order valence-electron chi connectivity index (χ1n) is 9.58. The van der Waals surface area contributed by atoms with E-state index >= 15 is 0 Å². The topological polar surface area (TPSA) is 103 Å². The van der Waals surface area contributed by atoms with Gasteiger partial charge >= 0.3 is 0 Å². The van der Waals surface area contributed by atoms with E-state index in [0.717, 1.165) is 29.5 Å². The molecule has 8 heteroatoms. The van der Waals surface area contributed by atoms with Crippen LogP contribution in [-0.2, 0) is 11.4 Å². The Hall–Kier alpha value is -3.68. The molecule has 3 rings (SSSR count). The van der Waals surface area contributed by atoms with Crippen LogP contribution in [-0.4, -0.2) is 23.7 Å². The zero-order chi connectivity index (χ0) is 21.5. The summed E-state index contributed by atoms with van der Waals surface area (Å²) in [7, 11) is 0. The van der Waals surface area contributed by atoms with E-state index in [1.54, 1.807) is 36.5 Å². The highest BCUT2D eigenvalue weighted by Crippen LogP contribution is 2.31. The Morgan fingerprint density at radius 1 is 1.23 bits per heavy atom. The lowest BCUT2D eigenvalue weighted by molar-refractivity contribution is -0.384. The quantitative estimate of drug-likeness (QED) is 0.292. The Morgan fingerprint density at radius 3 is 2.60 bits per heavy atom. The Kier molecular flexibility index (Phi) is 6.79. The summed E-state index contributed by atoms with van der Waals surface area (Å²) in [6, 6.07) is 11.5. The molecule has 30 heavy (non-hydrogen) atoms. The third-order valence-corrected chi connectivity index (χ3v) is 4.64. The Balaban J connectivity index is 1.61. The summed E-state index contributed by atoms with van der Waals surface area (Å²) in [5.41, 5.74) is 5.22. The first-order valence-corrected chi connectivity index (χ1v) is 9.58. The van der Waals surface area contributed by atoms with E-state index in [1.807, 2.05) is 6.92 Å². The summed E-state index contributed by atoms with van der Waals surface area (Å²) >= 11 is 0. The van der Waals surface area contributed by atoms with Crippen molar-refractivity contribution in [2.45, 2.75) is 26.4 Å². The molecular weight excluding hydrogens is 386 g/mol. The number of ether oxygens (including phenoxy) is 2. The number of hydrogen-bond acceptors (Lipinski definition) is 6. The van der Waals surface area contributed by atoms with Crippen molar-refractivity contribution in [1.29, 1.82) is 0 Å². The van der Waals surface area contributed by atoms with Crippen molar-refractivity contribution >= 4 is 17.8 Å². The lowest BCUT2D eigenvalue weighted by Crippen LogP contribution is -2.32. The normalized spacial score (nSPS) is 13.7. The third kappa shape index (κ3) is 5.44. The Bertz CT molecular complexity index is 961. The molecule has 0 unspecified atom stereocenters. The SMILES string of the molecule is C=C1CC(C(=O)N/N=C\c2ccc(OCc3ccc([N+](=O)[O-])cc3)c(OCC)c2)C1. The number of nitro groups is 1. The molecule has 0 saturated heterocycles. The molecule has 0 aliphatic heterocycles. The molecule has 0 aromatic heterocycles. The number of benzene rings is 2. The van der Waals surface area contributed by atoms with E-state index in [4.69, 9.17) is 9.47 Å². The van der Waals surface area contributed by atoms with E-state index in [2.05, 4.69) is 17.1 Å². The standard InChI is InChI=1S/C22H23N3O5/c1-3-29-21-12-17(13-23-24-22(26)18-10-15(2)11-18)6-9-20(21)30-14-16-4-7-19(8-5-16)25(27)28/h4-9,12-13,18H,2-3,10-11,14H2,1H3,(H,24,26)/b23-13-. The van der Waals surface area contributed by atoms with Crippen LogP contribution in [0.3, 0.4) is 0 Å². The molecule has 1 saturated carbocycles. The van der Waals surface area contributed by atoms with Gasteiger partial charge in [-0.2, -0.15) is 5.10 Å². The predicted octanol–water partition coefficient (Wildman–Crippen LogP) is 3.99. The van der Waals surface area contributed by atoms with Gasteiger partial charge in [0.25, 0.3) is 5.69 Å². The Labute approximate surface area is 174 Å². The van der Waals surface area contributed by atoms with Crippen molar-refractivity contribution in [1.82, 2.24) is 5.43 Å². The molecule has 2 aromatic rings. The number of amides is 1. The smallest absolute Gasteiger partial charge is 0.269 e. The second-order valence-corrected chi connectivity index (χ2v) is 6.94. The first kappa shape index (κ1) is 21.0. The molecule has 1 aliphatic rings. The summed E-state index contributed by atoms with van der Waals surface area (Å²) < 4.78 is 11.5. The summed E-state index contributed by atoms with van der Waals surface area (Å²) in [6.45, 7) is 6.40. The molecule has 156 valence electrons. The summed E-state index contributed by atoms with van der Waals surface area (Å²) in [5.74, 6) is 0.949. The van der Waals surface area contributed by atoms with Crippen LogP contribution in [0.25, 0.3) is 0 Å². The van der Waals surface area contributed by atoms with Gasteiger partial charge in [-0.1, -0.05) is 12.2 Å². The number of carbonyl (C=O) groups is 1. The van der Waals surface area contributed by atoms with Gasteiger partial charge in [-0.3, -0.25) is 14.9 Å². The maximum atomic E-state index is 11.9. The monoisotopic (exact) mass is 409 g/mol. The van der Waals surface area contributed by atoms with Gasteiger partial charge in [-0.25, -0.2) is 5.43 Å². The Morgan fingerprint density at radius 2 is 1.97 bits per heavy atom. The third-order valence-electron chi connectivity index (χ3n) is 4.64. The van der Waals surface area contributed by atoms with Gasteiger partial charge in [-0.05, 0) is 61.2 Å². The molecule has 0 bridgehead atoms. The van der Waals surface area contributed by atoms with Gasteiger partial charge < -0.3 is 9.47 Å². The second kappa shape index (κ2) is 9.69. The molecular formula is C22H23N3O5. The number of hydrogen-bond donors (Lipinski definition) is 1. The van der Waals surface area contributed by atoms with Gasteiger partial charge in [0.15, 0.2) is 11.5 Å². The zero-order valence-corrected chi connectivity index (χ0v) is 16.7. The van der Waals surface area contributed by atoms with Crippen LogP contribution in [0.15, 0.2) is 59.7 Å². The van der Waals surface area contributed by atoms with Crippen LogP contribution in [0.2, 0.25) is 0 Å². The molecule has 1 N–H and O–H groups in total. The van der Waals surface area contributed by atoms with Crippen molar-refractivity contribution in [2.24, 2.45) is 11.0 Å². The molecule has 0 atom stereocenters. The van der Waals surface area contributed by atoms with Crippen molar-refractivity contribution in [3.63, 3.8) is 0 Å². The number of nitrogens with one attached hydrogen (secondary N) is 1. The average Bonchev–Trinajstić information content (AvgIpc) is 2.71. The lowest BCUT2D eigenvalue weighted by atomic mass is 9.81. The van der Waals surface area contributed by atoms with E-state index in [9.17, 15) is 14.9 Å². The van der Waals surface area contributed by atoms with Gasteiger partial charge in [-0.15, -0.1) is 0 Å². The van der Waals surface area contributed by atoms with Crippen molar-refractivity contribution < 1.29 is 19.2 Å². The number of carbonyl (C=O) groups excluding carboxylic acids is 1. The summed E-state index contributed by atoms with van der Waals surface area (Å²) in [5, 5.41) is 14.7. The van der Waals surface area contributed by atoms with Gasteiger partial charge in [0.1, 0.15) is 6.61 Å². The van der Waals surface area contributed by atoms with E-state index in [1.165, 1.54) is 12.1 Å². The molecule has 1 aliphatic carbocycles. The van der Waals surface area contributed by atoms with Crippen molar-refractivity contribution in [3.05, 3.63) is 75.9 Å². The minimum Gasteiger partial charge on any atom is -0.490 e. The molecule has 2 aromatic carbocycles. The number of hydrazone groups is 1. The second-order valence-electron chi connectivity index (χ2n) is 6.94. The molecule has 1 fully saturated rings. The number of rotatable bonds is 9. The molecule has 0 heterocycles. The minimum atomic E-state index is -0.441. The van der Waals surface area contributed by atoms with E-state index in [-0.39, 0.29) is 24.1 Å². The lowest BCUT2D eigenvalue weighted by Gasteiger charge is -2.25. The van der Waals surface area contributed by atoms with Gasteiger partial charge in [0.05, 0.1) is 17.7 Å². The van der Waals surface area contributed by atoms with E-state index in [0.29, 0.717) is 18.1 Å². The minimum absolute atomic E-state index is 0.0340. The number of nitrogens with zero attached hydrogens (tertiary/aromatic N) is 2. The fourth-order valence-electron chi connectivity index (χ4n) is 2.95. The van der Waals surface area contributed by atoms with Crippen molar-refractivity contribution in [3.8, 4) is 11.5 Å². The highest BCUT2D eigenvalue weighted by atomic mass is 16.6. The number of nitro benzene ring substituents is 1. The van der Waals surface area contributed by atoms with Crippen LogP contribution >= 0.6 is 0 Å². The van der Waals surface area contributed by atoms with Crippen LogP contribution < -0.4 is 14.9 Å². The van der Waals surface area contributed by atoms with Gasteiger partial charge in [0, 0.05) is 18.1 Å². The average molecular weight is 409 g/mol. The maximum Gasteiger partial charge on any atom is 0.269 e. The first-order chi connectivity index (χ1) is 14.5. The van der Waals surface area contributed by atoms with Crippen LogP contribution in [0.4, 0.5) is 5.69 Å². The molecule has 0 radical (unpaired) electrons. The fraction of sp³-hybridized carbons (Fsp3) is 0.273. The highest BCUT2D eigenvalue weighted by Gasteiger charge is 2.28. The fourth-order valence-corrected chi connectivity index (χ4v) is 2.95. The number of allylic oxidation sites excluding steroid dienone is 1. The predicted molar refractivity (Wildman–Crippen MR) is 113 cm³/mol. The van der Waals surface area contributed by atoms with E-state index < -0.39 is 4.92 Å². The van der Waals surface area contributed by atoms with Crippen molar-refractivity contribution in [2.75, 3.05) is 6.61 Å². The van der Waals surface area contributed by atoms with Crippen LogP contribution in [0.5, 0.6) is 11.5 Å². The van der Waals surface area contributed by atoms with Crippen LogP contribution in [0.1, 0.15) is 30.9 Å². The molecule has 8 nitrogen and oxygen atoms in total. The molecule has 0 spiro atoms. The summed E-state index contributed by atoms with van der Waals surface area (Å²) in [6.07, 6.45) is 2.99. The molecule has 1 amide bonds. The maximum absolute atomic E-state index is 11.9. The summed E-state index contributed by atoms with van der Waals surface area (Å²) in [4.78, 5) is 22.2. The zero-order valence-electron chi connectivity index (χ0n) is 16.7. The van der Waals surface area contributed by atoms with Crippen LogP contribution in [0, 0.1) is 16.0 Å². The largest absolute Gasteiger partial charge is 0.490 e.